The summed E-state index contributed by atoms with van der Waals surface area (Å²) in [4.78, 5) is 42.0. The quantitative estimate of drug-likeness (QED) is 0.451. The largest absolute Gasteiger partial charge is 0.465 e. The van der Waals surface area contributed by atoms with Gasteiger partial charge in [0.25, 0.3) is 0 Å². The molecule has 0 unspecified atom stereocenters. The van der Waals surface area contributed by atoms with Gasteiger partial charge in [0.2, 0.25) is 5.91 Å². The lowest BCUT2D eigenvalue weighted by molar-refractivity contribution is -0.129. The maximum atomic E-state index is 12.1. The fourth-order valence-corrected chi connectivity index (χ4v) is 4.18. The highest BCUT2D eigenvalue weighted by atomic mass is 16.5. The molecule has 3 aromatic heterocycles. The number of anilines is 2. The molecule has 4 aromatic rings. The van der Waals surface area contributed by atoms with Gasteiger partial charge < -0.3 is 20.3 Å². The monoisotopic (exact) mass is 471 g/mol. The van der Waals surface area contributed by atoms with E-state index in [4.69, 9.17) is 20.4 Å². The molecule has 0 atom stereocenters. The van der Waals surface area contributed by atoms with Crippen LogP contribution in [0.2, 0.25) is 0 Å². The first-order chi connectivity index (χ1) is 17.0. The van der Waals surface area contributed by atoms with E-state index in [-0.39, 0.29) is 5.91 Å². The maximum absolute atomic E-state index is 12.1. The summed E-state index contributed by atoms with van der Waals surface area (Å²) in [7, 11) is 3.17. The minimum absolute atomic E-state index is 0.124. The first-order valence-corrected chi connectivity index (χ1v) is 11.2. The minimum atomic E-state index is -0.412. The van der Waals surface area contributed by atoms with Crippen LogP contribution in [-0.2, 0) is 9.53 Å². The predicted octanol–water partition coefficient (Wildman–Crippen LogP) is 2.52. The van der Waals surface area contributed by atoms with E-state index in [1.807, 2.05) is 41.9 Å². The number of carbonyl (C=O) groups is 2. The number of carbonyl (C=O) groups excluding carboxylic acids is 2. The maximum Gasteiger partial charge on any atom is 0.337 e. The smallest absolute Gasteiger partial charge is 0.337 e. The number of likely N-dealkylation sites (N-methyl/N-ethyl adjacent to an activating group) is 1. The second-order valence-corrected chi connectivity index (χ2v) is 8.31. The van der Waals surface area contributed by atoms with E-state index in [0.29, 0.717) is 60.0 Å². The van der Waals surface area contributed by atoms with Crippen LogP contribution in [0, 0.1) is 0 Å². The van der Waals surface area contributed by atoms with Crippen molar-refractivity contribution in [3.63, 3.8) is 0 Å². The van der Waals surface area contributed by atoms with Crippen LogP contribution in [0.4, 0.5) is 11.6 Å². The molecule has 1 aliphatic heterocycles. The number of hydrogen-bond acceptors (Lipinski definition) is 8. The molecule has 1 fully saturated rings. The molecule has 0 saturated carbocycles. The first kappa shape index (κ1) is 22.3. The van der Waals surface area contributed by atoms with Gasteiger partial charge in [-0.25, -0.2) is 19.7 Å². The third kappa shape index (κ3) is 4.14. The van der Waals surface area contributed by atoms with Gasteiger partial charge in [0.05, 0.1) is 18.2 Å². The summed E-state index contributed by atoms with van der Waals surface area (Å²) in [5.41, 5.74) is 9.39. The summed E-state index contributed by atoms with van der Waals surface area (Å²) < 4.78 is 6.73. The molecule has 5 rings (SSSR count). The van der Waals surface area contributed by atoms with Gasteiger partial charge in [0.1, 0.15) is 17.2 Å². The normalized spacial score (nSPS) is 14.3. The van der Waals surface area contributed by atoms with E-state index in [9.17, 15) is 9.59 Å². The number of pyridine rings is 2. The molecule has 1 saturated heterocycles. The molecule has 1 aromatic carbocycles. The van der Waals surface area contributed by atoms with Crippen molar-refractivity contribution in [1.29, 1.82) is 0 Å². The van der Waals surface area contributed by atoms with Crippen LogP contribution in [0.5, 0.6) is 0 Å². The second-order valence-electron chi connectivity index (χ2n) is 8.31. The molecule has 35 heavy (non-hydrogen) atoms. The number of benzene rings is 1. The summed E-state index contributed by atoms with van der Waals surface area (Å²) in [5.74, 6) is 1.42. The Hall–Kier alpha value is -4.47. The van der Waals surface area contributed by atoms with Crippen LogP contribution in [0.15, 0.2) is 54.7 Å². The van der Waals surface area contributed by atoms with Gasteiger partial charge in [-0.3, -0.25) is 9.36 Å². The van der Waals surface area contributed by atoms with Gasteiger partial charge in [-0.15, -0.1) is 0 Å². The Morgan fingerprint density at radius 2 is 1.83 bits per heavy atom. The molecule has 0 radical (unpaired) electrons. The summed E-state index contributed by atoms with van der Waals surface area (Å²) in [6, 6.07) is 14.5. The van der Waals surface area contributed by atoms with Crippen molar-refractivity contribution < 1.29 is 14.3 Å². The van der Waals surface area contributed by atoms with E-state index >= 15 is 0 Å². The van der Waals surface area contributed by atoms with Crippen molar-refractivity contribution in [2.75, 3.05) is 44.4 Å². The first-order valence-electron chi connectivity index (χ1n) is 11.2. The van der Waals surface area contributed by atoms with Gasteiger partial charge in [-0.1, -0.05) is 0 Å². The minimum Gasteiger partial charge on any atom is -0.465 e. The highest BCUT2D eigenvalue weighted by Gasteiger charge is 2.22. The average molecular weight is 472 g/mol. The Labute approximate surface area is 202 Å². The van der Waals surface area contributed by atoms with Crippen molar-refractivity contribution >= 4 is 34.7 Å². The zero-order chi connectivity index (χ0) is 24.5. The number of esters is 1. The highest BCUT2D eigenvalue weighted by Crippen LogP contribution is 2.31. The third-order valence-corrected chi connectivity index (χ3v) is 6.17. The molecular formula is C25H25N7O3. The molecule has 10 nitrogen and oxygen atoms in total. The van der Waals surface area contributed by atoms with Crippen LogP contribution in [-0.4, -0.2) is 70.1 Å². The fourth-order valence-electron chi connectivity index (χ4n) is 4.18. The molecule has 1 aliphatic rings. The SMILES string of the molecule is COC(=O)c1ccc(-n2c(-c3cccnc3N)nc3ccc(N4CCC(=O)N(C)CC4)nc32)cc1. The number of aromatic nitrogens is 4. The summed E-state index contributed by atoms with van der Waals surface area (Å²) in [6.07, 6.45) is 2.06. The van der Waals surface area contributed by atoms with Gasteiger partial charge in [-0.2, -0.15) is 0 Å². The average Bonchev–Trinajstić information content (AvgIpc) is 3.17. The van der Waals surface area contributed by atoms with Gasteiger partial charge in [0.15, 0.2) is 11.5 Å². The van der Waals surface area contributed by atoms with E-state index < -0.39 is 5.97 Å². The number of nitrogen functional groups attached to an aromatic ring is 1. The van der Waals surface area contributed by atoms with Crippen LogP contribution in [0.3, 0.4) is 0 Å². The number of fused-ring (bicyclic) bond motifs is 1. The molecule has 178 valence electrons. The number of hydrogen-bond donors (Lipinski definition) is 1. The number of amides is 1. The number of imidazole rings is 1. The second kappa shape index (κ2) is 9.05. The van der Waals surface area contributed by atoms with Crippen LogP contribution in [0.25, 0.3) is 28.2 Å². The van der Waals surface area contributed by atoms with E-state index in [1.165, 1.54) is 7.11 Å². The van der Waals surface area contributed by atoms with Crippen LogP contribution < -0.4 is 10.6 Å². The van der Waals surface area contributed by atoms with Gasteiger partial charge in [-0.05, 0) is 48.5 Å². The number of methoxy groups -OCH3 is 1. The highest BCUT2D eigenvalue weighted by molar-refractivity contribution is 5.90. The lowest BCUT2D eigenvalue weighted by atomic mass is 10.2. The molecule has 0 aliphatic carbocycles. The Morgan fingerprint density at radius 1 is 1.03 bits per heavy atom. The standard InChI is InChI=1S/C25H25N7O3/c1-30-14-15-31(13-11-21(30)33)20-10-9-19-24(29-20)32(17-7-5-16(6-8-17)25(34)35-2)23(28-19)18-4-3-12-27-22(18)26/h3-10,12H,11,13-15H2,1-2H3,(H2,26,27). The Bertz CT molecular complexity index is 1410. The Kier molecular flexibility index (Phi) is 5.77. The van der Waals surface area contributed by atoms with E-state index in [1.54, 1.807) is 29.3 Å². The number of rotatable bonds is 4. The van der Waals surface area contributed by atoms with Crippen molar-refractivity contribution in [3.8, 4) is 17.1 Å². The van der Waals surface area contributed by atoms with Gasteiger partial charge in [0, 0.05) is 45.0 Å². The molecule has 10 heteroatoms. The predicted molar refractivity (Wildman–Crippen MR) is 132 cm³/mol. The topological polar surface area (TPSA) is 119 Å². The zero-order valence-corrected chi connectivity index (χ0v) is 19.5. The zero-order valence-electron chi connectivity index (χ0n) is 19.5. The van der Waals surface area contributed by atoms with Crippen molar-refractivity contribution in [3.05, 3.63) is 60.3 Å². The number of nitrogens with zero attached hydrogens (tertiary/aromatic N) is 6. The Morgan fingerprint density at radius 3 is 2.57 bits per heavy atom. The van der Waals surface area contributed by atoms with E-state index in [0.717, 1.165) is 11.5 Å². The van der Waals surface area contributed by atoms with Crippen molar-refractivity contribution in [1.82, 2.24) is 24.4 Å². The molecule has 1 amide bonds. The van der Waals surface area contributed by atoms with Crippen molar-refractivity contribution in [2.24, 2.45) is 0 Å². The molecule has 2 N–H and O–H groups in total. The summed E-state index contributed by atoms with van der Waals surface area (Å²) in [5, 5.41) is 0. The van der Waals surface area contributed by atoms with Gasteiger partial charge >= 0.3 is 5.97 Å². The molecule has 4 heterocycles. The van der Waals surface area contributed by atoms with Crippen LogP contribution >= 0.6 is 0 Å². The third-order valence-electron chi connectivity index (χ3n) is 6.17. The molecule has 0 bridgehead atoms. The lowest BCUT2D eigenvalue weighted by Gasteiger charge is -2.21. The molecule has 0 spiro atoms. The lowest BCUT2D eigenvalue weighted by Crippen LogP contribution is -2.30. The van der Waals surface area contributed by atoms with Crippen LogP contribution in [0.1, 0.15) is 16.8 Å². The number of ether oxygens (including phenoxy) is 1. The molecular weight excluding hydrogens is 446 g/mol. The summed E-state index contributed by atoms with van der Waals surface area (Å²) in [6.45, 7) is 1.90. The fraction of sp³-hybridized carbons (Fsp3) is 0.240. The van der Waals surface area contributed by atoms with Crippen molar-refractivity contribution in [2.45, 2.75) is 6.42 Å². The van der Waals surface area contributed by atoms with E-state index in [2.05, 4.69) is 9.88 Å². The Balaban J connectivity index is 1.66. The number of nitrogens with two attached hydrogens (primary N) is 1. The summed E-state index contributed by atoms with van der Waals surface area (Å²) >= 11 is 0.